The van der Waals surface area contributed by atoms with Gasteiger partial charge >= 0.3 is 0 Å². The number of hydrogen-bond acceptors (Lipinski definition) is 2. The molecule has 1 heterocycles. The Hall–Kier alpha value is -3.33. The van der Waals surface area contributed by atoms with Crippen molar-refractivity contribution in [3.05, 3.63) is 95.8 Å². The number of nitrogens with zero attached hydrogens (tertiary/aromatic N) is 1. The number of benzene rings is 3. The van der Waals surface area contributed by atoms with Crippen molar-refractivity contribution in [3.63, 3.8) is 0 Å². The quantitative estimate of drug-likeness (QED) is 0.285. The molecule has 3 heteroatoms. The molecule has 2 nitrogen and oxygen atoms in total. The highest BCUT2D eigenvalue weighted by Gasteiger charge is 2.07. The predicted octanol–water partition coefficient (Wildman–Crippen LogP) is 5.42. The summed E-state index contributed by atoms with van der Waals surface area (Å²) in [5.41, 5.74) is 3.18. The van der Waals surface area contributed by atoms with Gasteiger partial charge in [-0.15, -0.1) is 0 Å². The number of carbonyl (C=O) groups is 1. The van der Waals surface area contributed by atoms with Crippen LogP contribution in [0.1, 0.15) is 15.9 Å². The van der Waals surface area contributed by atoms with Gasteiger partial charge in [0.15, 0.2) is 5.78 Å². The van der Waals surface area contributed by atoms with Crippen molar-refractivity contribution in [2.75, 3.05) is 0 Å². The molecule has 0 bridgehead atoms. The highest BCUT2D eigenvalue weighted by atomic mass is 19.1. The second kappa shape index (κ2) is 6.29. The van der Waals surface area contributed by atoms with Crippen LogP contribution >= 0.6 is 0 Å². The monoisotopic (exact) mass is 327 g/mol. The first-order valence-electron chi connectivity index (χ1n) is 7.98. The largest absolute Gasteiger partial charge is 0.289 e. The Labute approximate surface area is 144 Å². The molecule has 120 valence electrons. The van der Waals surface area contributed by atoms with Gasteiger partial charge < -0.3 is 0 Å². The first-order valence-corrected chi connectivity index (χ1v) is 7.98. The summed E-state index contributed by atoms with van der Waals surface area (Å²) in [4.78, 5) is 17.0. The summed E-state index contributed by atoms with van der Waals surface area (Å²) in [6.07, 6.45) is 3.35. The molecule has 0 aliphatic heterocycles. The van der Waals surface area contributed by atoms with Crippen LogP contribution in [0.3, 0.4) is 0 Å². The lowest BCUT2D eigenvalue weighted by Crippen LogP contribution is -1.94. The molecular formula is C22H14FNO. The fourth-order valence-electron chi connectivity index (χ4n) is 2.92. The molecule has 0 saturated carbocycles. The smallest absolute Gasteiger partial charge is 0.185 e. The van der Waals surface area contributed by atoms with Crippen molar-refractivity contribution in [2.24, 2.45) is 0 Å². The van der Waals surface area contributed by atoms with E-state index in [2.05, 4.69) is 4.98 Å². The third-order valence-corrected chi connectivity index (χ3v) is 4.16. The summed E-state index contributed by atoms with van der Waals surface area (Å²) in [7, 11) is 0. The van der Waals surface area contributed by atoms with Gasteiger partial charge in [0.1, 0.15) is 5.82 Å². The molecule has 0 spiro atoms. The molecule has 0 N–H and O–H groups in total. The van der Waals surface area contributed by atoms with Crippen molar-refractivity contribution in [2.45, 2.75) is 0 Å². The Bertz CT molecular complexity index is 1060. The molecule has 0 aliphatic carbocycles. The fourth-order valence-corrected chi connectivity index (χ4v) is 2.92. The Kier molecular flexibility index (Phi) is 3.82. The van der Waals surface area contributed by atoms with Gasteiger partial charge in [0.05, 0.1) is 11.0 Å². The van der Waals surface area contributed by atoms with Crippen LogP contribution in [0, 0.1) is 5.82 Å². The third kappa shape index (κ3) is 2.92. The Morgan fingerprint density at radius 1 is 0.800 bits per heavy atom. The Balaban J connectivity index is 1.84. The van der Waals surface area contributed by atoms with E-state index in [9.17, 15) is 9.18 Å². The maximum absolute atomic E-state index is 13.0. The normalized spacial score (nSPS) is 11.4. The number of aromatic nitrogens is 1. The summed E-state index contributed by atoms with van der Waals surface area (Å²) >= 11 is 0. The van der Waals surface area contributed by atoms with E-state index in [1.165, 1.54) is 30.3 Å². The number of para-hydroxylation sites is 2. The lowest BCUT2D eigenvalue weighted by atomic mass is 10.0. The molecule has 0 saturated heterocycles. The maximum Gasteiger partial charge on any atom is 0.185 e. The zero-order chi connectivity index (χ0) is 17.2. The number of rotatable bonds is 3. The molecule has 0 amide bonds. The van der Waals surface area contributed by atoms with Crippen molar-refractivity contribution in [3.8, 4) is 0 Å². The van der Waals surface area contributed by atoms with E-state index in [1.807, 2.05) is 54.6 Å². The summed E-state index contributed by atoms with van der Waals surface area (Å²) in [6.45, 7) is 0. The molecule has 0 atom stereocenters. The van der Waals surface area contributed by atoms with Crippen molar-refractivity contribution in [1.29, 1.82) is 0 Å². The van der Waals surface area contributed by atoms with E-state index < -0.39 is 0 Å². The SMILES string of the molecule is O=C(C=Cc1c2ccccc2nc2ccccc12)c1ccc(F)cc1. The van der Waals surface area contributed by atoms with Gasteiger partial charge in [0.25, 0.3) is 0 Å². The van der Waals surface area contributed by atoms with Gasteiger partial charge in [-0.3, -0.25) is 4.79 Å². The van der Waals surface area contributed by atoms with E-state index in [0.717, 1.165) is 27.4 Å². The number of pyridine rings is 1. The number of halogens is 1. The number of carbonyl (C=O) groups excluding carboxylic acids is 1. The lowest BCUT2D eigenvalue weighted by Gasteiger charge is -2.07. The van der Waals surface area contributed by atoms with Gasteiger partial charge in [-0.25, -0.2) is 9.37 Å². The first kappa shape index (κ1) is 15.2. The summed E-state index contributed by atoms with van der Waals surface area (Å²) in [5.74, 6) is -0.517. The lowest BCUT2D eigenvalue weighted by molar-refractivity contribution is 0.104. The van der Waals surface area contributed by atoms with Crippen LogP contribution in [0.5, 0.6) is 0 Å². The van der Waals surface area contributed by atoms with E-state index in [1.54, 1.807) is 0 Å². The summed E-state index contributed by atoms with van der Waals surface area (Å²) in [5, 5.41) is 1.98. The van der Waals surface area contributed by atoms with Crippen LogP contribution in [0.25, 0.3) is 27.9 Å². The zero-order valence-electron chi connectivity index (χ0n) is 13.3. The molecule has 4 rings (SSSR count). The fraction of sp³-hybridized carbons (Fsp3) is 0. The minimum Gasteiger partial charge on any atom is -0.289 e. The molecular weight excluding hydrogens is 313 g/mol. The van der Waals surface area contributed by atoms with Crippen LogP contribution < -0.4 is 0 Å². The maximum atomic E-state index is 13.0. The zero-order valence-corrected chi connectivity index (χ0v) is 13.3. The predicted molar refractivity (Wildman–Crippen MR) is 99.0 cm³/mol. The molecule has 4 aromatic rings. The first-order chi connectivity index (χ1) is 12.2. The van der Waals surface area contributed by atoms with Gasteiger partial charge in [-0.2, -0.15) is 0 Å². The average molecular weight is 327 g/mol. The second-order valence-corrected chi connectivity index (χ2v) is 5.76. The minimum absolute atomic E-state index is 0.162. The topological polar surface area (TPSA) is 30.0 Å². The van der Waals surface area contributed by atoms with Gasteiger partial charge in [0.2, 0.25) is 0 Å². The van der Waals surface area contributed by atoms with Crippen LogP contribution in [-0.2, 0) is 0 Å². The van der Waals surface area contributed by atoms with Gasteiger partial charge in [-0.1, -0.05) is 36.4 Å². The van der Waals surface area contributed by atoms with E-state index in [0.29, 0.717) is 5.56 Å². The average Bonchev–Trinajstić information content (AvgIpc) is 2.65. The van der Waals surface area contributed by atoms with E-state index in [-0.39, 0.29) is 11.6 Å². The number of allylic oxidation sites excluding steroid dienone is 1. The second-order valence-electron chi connectivity index (χ2n) is 5.76. The molecule has 0 fully saturated rings. The van der Waals surface area contributed by atoms with E-state index >= 15 is 0 Å². The molecule has 0 unspecified atom stereocenters. The summed E-state index contributed by atoms with van der Waals surface area (Å²) < 4.78 is 13.0. The van der Waals surface area contributed by atoms with Crippen LogP contribution in [0.2, 0.25) is 0 Å². The third-order valence-electron chi connectivity index (χ3n) is 4.16. The highest BCUT2D eigenvalue weighted by molar-refractivity contribution is 6.10. The Morgan fingerprint density at radius 3 is 1.96 bits per heavy atom. The van der Waals surface area contributed by atoms with Gasteiger partial charge in [0, 0.05) is 16.3 Å². The number of hydrogen-bond donors (Lipinski definition) is 0. The van der Waals surface area contributed by atoms with Crippen molar-refractivity contribution < 1.29 is 9.18 Å². The number of fused-ring (bicyclic) bond motifs is 2. The van der Waals surface area contributed by atoms with Crippen LogP contribution in [-0.4, -0.2) is 10.8 Å². The summed E-state index contributed by atoms with van der Waals surface area (Å²) in [6, 6.07) is 21.3. The van der Waals surface area contributed by atoms with Crippen LogP contribution in [0.15, 0.2) is 78.9 Å². The van der Waals surface area contributed by atoms with Crippen molar-refractivity contribution >= 4 is 33.7 Å². The Morgan fingerprint density at radius 2 is 1.36 bits per heavy atom. The number of ketones is 1. The van der Waals surface area contributed by atoms with Gasteiger partial charge in [-0.05, 0) is 54.1 Å². The molecule has 3 aromatic carbocycles. The minimum atomic E-state index is -0.355. The molecule has 1 aromatic heterocycles. The molecule has 0 radical (unpaired) electrons. The van der Waals surface area contributed by atoms with Crippen LogP contribution in [0.4, 0.5) is 4.39 Å². The highest BCUT2D eigenvalue weighted by Crippen LogP contribution is 2.27. The molecule has 25 heavy (non-hydrogen) atoms. The van der Waals surface area contributed by atoms with Crippen molar-refractivity contribution in [1.82, 2.24) is 4.98 Å². The molecule has 0 aliphatic rings. The van der Waals surface area contributed by atoms with E-state index in [4.69, 9.17) is 0 Å². The standard InChI is InChI=1S/C22H14FNO/c23-16-11-9-15(10-12-16)22(25)14-13-17-18-5-1-3-7-20(18)24-21-8-4-2-6-19(17)21/h1-14H.